The van der Waals surface area contributed by atoms with Gasteiger partial charge < -0.3 is 39.7 Å². The van der Waals surface area contributed by atoms with Gasteiger partial charge >= 0.3 is 0 Å². The second-order valence-electron chi connectivity index (χ2n) is 10.2. The first kappa shape index (κ1) is 20.5. The molecule has 0 spiro atoms. The molecule has 0 saturated carbocycles. The molecule has 36 heavy (non-hydrogen) atoms. The Morgan fingerprint density at radius 3 is 2.42 bits per heavy atom. The number of para-hydroxylation sites is 2. The summed E-state index contributed by atoms with van der Waals surface area (Å²) in [7, 11) is 3.74. The summed E-state index contributed by atoms with van der Waals surface area (Å²) in [4.78, 5) is 3.03. The molecule has 2 aliphatic rings. The van der Waals surface area contributed by atoms with Gasteiger partial charge in [0.15, 0.2) is 11.6 Å². The number of hydrogen-bond donors (Lipinski definition) is 4. The molecule has 2 bridgehead atoms. The number of nitrogen functional groups attached to an aromatic ring is 1. The number of likely N-dealkylation sites (N-methyl/N-ethyl adjacent to an activating group) is 1. The molecule has 3 aromatic heterocycles. The standard InChI is InChI=1S/C28H27N5O3/c1-28-25(35-3)15(30-2)12-18(36-28)32-16-10-6-4-8-13(16)20-22-21(26(29)31-27(22)34)19-14-9-5-7-11-17(14)33(28)24(19)23(20)32/h4-11,15,18,25,30-31,34H,12,29H2,1-3H3/t15-,18-,25-,28+/m1/s1. The normalized spacial score (nSPS) is 25.7. The lowest BCUT2D eigenvalue weighted by Crippen LogP contribution is -2.59. The topological polar surface area (TPSA) is 102 Å². The minimum absolute atomic E-state index is 0.0607. The Balaban J connectivity index is 1.77. The van der Waals surface area contributed by atoms with Gasteiger partial charge in [-0.15, -0.1) is 0 Å². The van der Waals surface area contributed by atoms with Crippen molar-refractivity contribution in [1.82, 2.24) is 19.4 Å². The van der Waals surface area contributed by atoms with Crippen molar-refractivity contribution in [2.24, 2.45) is 0 Å². The smallest absolute Gasteiger partial charge is 0.198 e. The van der Waals surface area contributed by atoms with E-state index >= 15 is 0 Å². The van der Waals surface area contributed by atoms with Crippen LogP contribution in [0.3, 0.4) is 0 Å². The quantitative estimate of drug-likeness (QED) is 0.282. The van der Waals surface area contributed by atoms with Crippen LogP contribution < -0.4 is 11.1 Å². The Hall–Kier alpha value is -3.72. The van der Waals surface area contributed by atoms with E-state index in [1.807, 2.05) is 19.2 Å². The first-order valence-corrected chi connectivity index (χ1v) is 12.4. The third-order valence-electron chi connectivity index (χ3n) is 8.60. The van der Waals surface area contributed by atoms with Crippen LogP contribution in [0.5, 0.6) is 5.88 Å². The summed E-state index contributed by atoms with van der Waals surface area (Å²) in [5, 5.41) is 20.4. The summed E-state index contributed by atoms with van der Waals surface area (Å²) in [6.07, 6.45) is 0.261. The molecule has 6 aromatic rings. The summed E-state index contributed by atoms with van der Waals surface area (Å²) in [5.74, 6) is 0.546. The van der Waals surface area contributed by atoms with Crippen molar-refractivity contribution < 1.29 is 14.6 Å². The van der Waals surface area contributed by atoms with Crippen LogP contribution >= 0.6 is 0 Å². The largest absolute Gasteiger partial charge is 0.494 e. The molecular weight excluding hydrogens is 454 g/mol. The molecule has 0 unspecified atom stereocenters. The number of fused-ring (bicyclic) bond motifs is 13. The Kier molecular flexibility index (Phi) is 3.71. The highest BCUT2D eigenvalue weighted by atomic mass is 16.6. The summed E-state index contributed by atoms with van der Waals surface area (Å²) in [6, 6.07) is 16.8. The van der Waals surface area contributed by atoms with Gasteiger partial charge in [-0.25, -0.2) is 0 Å². The molecule has 0 aliphatic carbocycles. The number of benzene rings is 3. The Bertz CT molecular complexity index is 1900. The van der Waals surface area contributed by atoms with Gasteiger partial charge in [0, 0.05) is 46.5 Å². The molecule has 4 atom stereocenters. The van der Waals surface area contributed by atoms with E-state index in [4.69, 9.17) is 15.2 Å². The number of aromatic nitrogens is 3. The summed E-state index contributed by atoms with van der Waals surface area (Å²) >= 11 is 0. The fraction of sp³-hybridized carbons (Fsp3) is 0.286. The first-order valence-electron chi connectivity index (χ1n) is 12.4. The van der Waals surface area contributed by atoms with Gasteiger partial charge in [0.25, 0.3) is 0 Å². The van der Waals surface area contributed by atoms with Gasteiger partial charge in [0.2, 0.25) is 0 Å². The fourth-order valence-corrected chi connectivity index (χ4v) is 7.33. The van der Waals surface area contributed by atoms with Gasteiger partial charge in [-0.2, -0.15) is 0 Å². The van der Waals surface area contributed by atoms with Gasteiger partial charge in [-0.3, -0.25) is 0 Å². The average Bonchev–Trinajstić information content (AvgIpc) is 3.48. The molecule has 5 heterocycles. The lowest BCUT2D eigenvalue weighted by Gasteiger charge is -2.48. The van der Waals surface area contributed by atoms with Crippen LogP contribution in [-0.4, -0.2) is 45.5 Å². The van der Waals surface area contributed by atoms with Gasteiger partial charge in [-0.05, 0) is 26.1 Å². The molecule has 8 rings (SSSR count). The van der Waals surface area contributed by atoms with Crippen molar-refractivity contribution >= 4 is 60.2 Å². The van der Waals surface area contributed by atoms with E-state index in [9.17, 15) is 5.11 Å². The van der Waals surface area contributed by atoms with Crippen LogP contribution in [0.1, 0.15) is 19.6 Å². The average molecular weight is 482 g/mol. The maximum atomic E-state index is 11.2. The van der Waals surface area contributed by atoms with E-state index in [0.717, 1.165) is 60.8 Å². The van der Waals surface area contributed by atoms with Crippen LogP contribution in [0.4, 0.5) is 5.82 Å². The zero-order valence-corrected chi connectivity index (χ0v) is 20.3. The van der Waals surface area contributed by atoms with Crippen LogP contribution in [-0.2, 0) is 15.2 Å². The second kappa shape index (κ2) is 6.53. The van der Waals surface area contributed by atoms with E-state index in [1.54, 1.807) is 7.11 Å². The Morgan fingerprint density at radius 1 is 1.03 bits per heavy atom. The van der Waals surface area contributed by atoms with E-state index in [1.165, 1.54) is 0 Å². The number of aromatic hydroxyl groups is 1. The maximum Gasteiger partial charge on any atom is 0.198 e. The number of H-pyrrole nitrogens is 1. The second-order valence-corrected chi connectivity index (χ2v) is 10.2. The van der Waals surface area contributed by atoms with Crippen molar-refractivity contribution in [3.05, 3.63) is 48.5 Å². The van der Waals surface area contributed by atoms with Crippen LogP contribution in [0.15, 0.2) is 48.5 Å². The van der Waals surface area contributed by atoms with Crippen molar-refractivity contribution in [3.63, 3.8) is 0 Å². The van der Waals surface area contributed by atoms with Crippen molar-refractivity contribution in [1.29, 1.82) is 0 Å². The number of nitrogens with two attached hydrogens (primary N) is 1. The van der Waals surface area contributed by atoms with Crippen molar-refractivity contribution in [2.45, 2.75) is 37.4 Å². The zero-order chi connectivity index (χ0) is 24.5. The molecule has 182 valence electrons. The Morgan fingerprint density at radius 2 is 1.69 bits per heavy atom. The van der Waals surface area contributed by atoms with Crippen LogP contribution in [0.2, 0.25) is 0 Å². The fourth-order valence-electron chi connectivity index (χ4n) is 7.33. The third kappa shape index (κ3) is 2.10. The molecule has 3 aromatic carbocycles. The highest BCUT2D eigenvalue weighted by molar-refractivity contribution is 6.38. The predicted molar refractivity (Wildman–Crippen MR) is 142 cm³/mol. The number of methoxy groups -OCH3 is 1. The van der Waals surface area contributed by atoms with Gasteiger partial charge in [-0.1, -0.05) is 36.4 Å². The number of aromatic amines is 1. The monoisotopic (exact) mass is 481 g/mol. The van der Waals surface area contributed by atoms with E-state index in [-0.39, 0.29) is 24.3 Å². The van der Waals surface area contributed by atoms with Crippen molar-refractivity contribution in [3.8, 4) is 5.88 Å². The molecule has 2 aliphatic heterocycles. The molecule has 0 amide bonds. The molecule has 1 fully saturated rings. The van der Waals surface area contributed by atoms with E-state index in [2.05, 4.69) is 62.8 Å². The summed E-state index contributed by atoms with van der Waals surface area (Å²) < 4.78 is 17.9. The number of ether oxygens (including phenoxy) is 2. The maximum absolute atomic E-state index is 11.2. The molecule has 8 heteroatoms. The number of nitrogens with one attached hydrogen (secondary N) is 2. The predicted octanol–water partition coefficient (Wildman–Crippen LogP) is 4.88. The minimum atomic E-state index is -0.805. The molecular formula is C28H27N5O3. The highest BCUT2D eigenvalue weighted by Crippen LogP contribution is 2.55. The van der Waals surface area contributed by atoms with Crippen LogP contribution in [0, 0.1) is 0 Å². The summed E-state index contributed by atoms with van der Waals surface area (Å²) in [5.41, 5.74) is 9.98. The van der Waals surface area contributed by atoms with Crippen LogP contribution in [0.25, 0.3) is 54.4 Å². The first-order chi connectivity index (χ1) is 17.5. The summed E-state index contributed by atoms with van der Waals surface area (Å²) in [6.45, 7) is 2.13. The van der Waals surface area contributed by atoms with Gasteiger partial charge in [0.1, 0.15) is 18.1 Å². The number of anilines is 1. The lowest BCUT2D eigenvalue weighted by molar-refractivity contribution is -0.256. The molecule has 5 N–H and O–H groups in total. The minimum Gasteiger partial charge on any atom is -0.494 e. The molecule has 8 nitrogen and oxygen atoms in total. The molecule has 0 radical (unpaired) electrons. The number of hydrogen-bond acceptors (Lipinski definition) is 5. The van der Waals surface area contributed by atoms with Crippen molar-refractivity contribution in [2.75, 3.05) is 19.9 Å². The van der Waals surface area contributed by atoms with E-state index < -0.39 is 5.72 Å². The Labute approximate surface area is 206 Å². The van der Waals surface area contributed by atoms with E-state index in [0.29, 0.717) is 5.82 Å². The third-order valence-corrected chi connectivity index (χ3v) is 8.60. The number of nitrogens with zero attached hydrogens (tertiary/aromatic N) is 2. The lowest BCUT2D eigenvalue weighted by atomic mass is 9.93. The highest BCUT2D eigenvalue weighted by Gasteiger charge is 2.52. The number of rotatable bonds is 2. The zero-order valence-electron chi connectivity index (χ0n) is 20.3. The molecule has 1 saturated heterocycles. The SMILES string of the molecule is CN[C@@H]1C[C@H]2O[C@@](C)([C@@H]1OC)n1c3ccccc3c3c4c(N)[nH]c(O)c4c4c5ccccc5n2c4c31. The van der Waals surface area contributed by atoms with Gasteiger partial charge in [0.05, 0.1) is 27.5 Å².